The molecule has 1 saturated heterocycles. The minimum atomic E-state index is 0.169. The maximum atomic E-state index is 5.61. The van der Waals surface area contributed by atoms with Crippen molar-refractivity contribution in [1.82, 2.24) is 5.32 Å². The molecule has 0 amide bonds. The topological polar surface area (TPSA) is 30.5 Å². The predicted molar refractivity (Wildman–Crippen MR) is 62.2 cm³/mol. The number of halogens is 1. The minimum absolute atomic E-state index is 0.169. The fraction of sp³-hybridized carbons (Fsp3) is 0.455. The second kappa shape index (κ2) is 5.49. The molecule has 0 radical (unpaired) electrons. The monoisotopic (exact) mass is 271 g/mol. The van der Waals surface area contributed by atoms with Crippen molar-refractivity contribution in [2.24, 2.45) is 0 Å². The molecule has 0 unspecified atom stereocenters. The highest BCUT2D eigenvalue weighted by Gasteiger charge is 2.13. The van der Waals surface area contributed by atoms with Gasteiger partial charge in [-0.15, -0.1) is 0 Å². The Hall–Kier alpha value is -0.580. The Kier molecular flexibility index (Phi) is 4.00. The van der Waals surface area contributed by atoms with Gasteiger partial charge in [-0.05, 0) is 24.3 Å². The number of nitrogens with one attached hydrogen (secondary N) is 1. The molecule has 1 aromatic rings. The summed E-state index contributed by atoms with van der Waals surface area (Å²) < 4.78 is 12.2. The van der Waals surface area contributed by atoms with Crippen LogP contribution in [0, 0.1) is 0 Å². The number of hydrogen-bond donors (Lipinski definition) is 1. The molecule has 1 atom stereocenters. The highest BCUT2D eigenvalue weighted by atomic mass is 79.9. The first kappa shape index (κ1) is 10.9. The number of rotatable bonds is 3. The molecule has 4 heteroatoms. The van der Waals surface area contributed by atoms with Crippen LogP contribution in [0.25, 0.3) is 0 Å². The van der Waals surface area contributed by atoms with Crippen LogP contribution in [0.4, 0.5) is 0 Å². The summed E-state index contributed by atoms with van der Waals surface area (Å²) in [7, 11) is 0. The standard InChI is InChI=1S/C11H14BrNO2/c12-9-1-3-10(4-2-9)15-8-11-7-13-5-6-14-11/h1-4,11,13H,5-8H2/t11-/m1/s1. The molecule has 1 aliphatic rings. The van der Waals surface area contributed by atoms with E-state index in [4.69, 9.17) is 9.47 Å². The highest BCUT2D eigenvalue weighted by Crippen LogP contribution is 2.16. The van der Waals surface area contributed by atoms with E-state index in [0.717, 1.165) is 29.9 Å². The van der Waals surface area contributed by atoms with E-state index in [0.29, 0.717) is 6.61 Å². The smallest absolute Gasteiger partial charge is 0.119 e. The summed E-state index contributed by atoms with van der Waals surface area (Å²) in [5.41, 5.74) is 0. The van der Waals surface area contributed by atoms with Crippen molar-refractivity contribution < 1.29 is 9.47 Å². The average Bonchev–Trinajstić information content (AvgIpc) is 2.30. The molecule has 15 heavy (non-hydrogen) atoms. The van der Waals surface area contributed by atoms with Gasteiger partial charge in [-0.25, -0.2) is 0 Å². The molecule has 0 bridgehead atoms. The van der Waals surface area contributed by atoms with Crippen molar-refractivity contribution in [3.05, 3.63) is 28.7 Å². The minimum Gasteiger partial charge on any atom is -0.491 e. The summed E-state index contributed by atoms with van der Waals surface area (Å²) in [6.45, 7) is 3.19. The van der Waals surface area contributed by atoms with Gasteiger partial charge in [0.25, 0.3) is 0 Å². The van der Waals surface area contributed by atoms with E-state index in [1.165, 1.54) is 0 Å². The number of benzene rings is 1. The van der Waals surface area contributed by atoms with Gasteiger partial charge in [0.05, 0.1) is 6.61 Å². The number of hydrogen-bond acceptors (Lipinski definition) is 3. The summed E-state index contributed by atoms with van der Waals surface area (Å²) in [4.78, 5) is 0. The fourth-order valence-electron chi connectivity index (χ4n) is 1.45. The van der Waals surface area contributed by atoms with Crippen LogP contribution in [-0.2, 0) is 4.74 Å². The first-order valence-corrected chi connectivity index (χ1v) is 5.84. The summed E-state index contributed by atoms with van der Waals surface area (Å²) in [5.74, 6) is 0.882. The van der Waals surface area contributed by atoms with Crippen LogP contribution >= 0.6 is 15.9 Å². The molecule has 3 nitrogen and oxygen atoms in total. The lowest BCUT2D eigenvalue weighted by molar-refractivity contribution is 0.000193. The van der Waals surface area contributed by atoms with Crippen molar-refractivity contribution in [3.8, 4) is 5.75 Å². The highest BCUT2D eigenvalue weighted by molar-refractivity contribution is 9.10. The van der Waals surface area contributed by atoms with Gasteiger partial charge < -0.3 is 14.8 Å². The first-order valence-electron chi connectivity index (χ1n) is 5.05. The van der Waals surface area contributed by atoms with Gasteiger partial charge in [-0.3, -0.25) is 0 Å². The van der Waals surface area contributed by atoms with Crippen molar-refractivity contribution in [3.63, 3.8) is 0 Å². The summed E-state index contributed by atoms with van der Waals surface area (Å²) >= 11 is 3.38. The Balaban J connectivity index is 1.79. The molecule has 1 aromatic carbocycles. The average molecular weight is 272 g/mol. The van der Waals surface area contributed by atoms with Crippen LogP contribution in [0.2, 0.25) is 0 Å². The van der Waals surface area contributed by atoms with Crippen LogP contribution in [0.15, 0.2) is 28.7 Å². The van der Waals surface area contributed by atoms with Gasteiger partial charge in [-0.1, -0.05) is 15.9 Å². The van der Waals surface area contributed by atoms with Crippen LogP contribution in [0.1, 0.15) is 0 Å². The molecular weight excluding hydrogens is 258 g/mol. The lowest BCUT2D eigenvalue weighted by Gasteiger charge is -2.23. The largest absolute Gasteiger partial charge is 0.491 e. The molecule has 1 N–H and O–H groups in total. The van der Waals surface area contributed by atoms with E-state index >= 15 is 0 Å². The predicted octanol–water partition coefficient (Wildman–Crippen LogP) is 1.82. The summed E-state index contributed by atoms with van der Waals surface area (Å²) in [5, 5.41) is 3.27. The quantitative estimate of drug-likeness (QED) is 0.910. The maximum absolute atomic E-state index is 5.61. The lowest BCUT2D eigenvalue weighted by atomic mass is 10.3. The van der Waals surface area contributed by atoms with E-state index in [2.05, 4.69) is 21.2 Å². The maximum Gasteiger partial charge on any atom is 0.119 e. The van der Waals surface area contributed by atoms with Crippen molar-refractivity contribution in [2.75, 3.05) is 26.3 Å². The van der Waals surface area contributed by atoms with Crippen molar-refractivity contribution >= 4 is 15.9 Å². The Morgan fingerprint density at radius 3 is 2.87 bits per heavy atom. The van der Waals surface area contributed by atoms with E-state index in [9.17, 15) is 0 Å². The summed E-state index contributed by atoms with van der Waals surface area (Å²) in [6, 6.07) is 7.82. The molecule has 0 aliphatic carbocycles. The van der Waals surface area contributed by atoms with Crippen molar-refractivity contribution in [2.45, 2.75) is 6.10 Å². The van der Waals surface area contributed by atoms with Gasteiger partial charge in [-0.2, -0.15) is 0 Å². The van der Waals surface area contributed by atoms with Crippen molar-refractivity contribution in [1.29, 1.82) is 0 Å². The number of ether oxygens (including phenoxy) is 2. The van der Waals surface area contributed by atoms with Crippen LogP contribution < -0.4 is 10.1 Å². The fourth-order valence-corrected chi connectivity index (χ4v) is 1.71. The molecule has 1 heterocycles. The SMILES string of the molecule is Brc1ccc(OC[C@H]2CNCCO2)cc1. The Bertz CT molecular complexity index is 296. The third-order valence-electron chi connectivity index (χ3n) is 2.25. The van der Waals surface area contributed by atoms with Gasteiger partial charge in [0.2, 0.25) is 0 Å². The van der Waals surface area contributed by atoms with Gasteiger partial charge in [0.1, 0.15) is 18.5 Å². The van der Waals surface area contributed by atoms with E-state index in [1.54, 1.807) is 0 Å². The van der Waals surface area contributed by atoms with E-state index < -0.39 is 0 Å². The van der Waals surface area contributed by atoms with Crippen LogP contribution in [0.5, 0.6) is 5.75 Å². The second-order valence-corrected chi connectivity index (χ2v) is 4.38. The third kappa shape index (κ3) is 3.48. The lowest BCUT2D eigenvalue weighted by Crippen LogP contribution is -2.41. The summed E-state index contributed by atoms with van der Waals surface area (Å²) in [6.07, 6.45) is 0.169. The molecular formula is C11H14BrNO2. The van der Waals surface area contributed by atoms with Gasteiger partial charge in [0.15, 0.2) is 0 Å². The zero-order chi connectivity index (χ0) is 10.5. The number of morpholine rings is 1. The van der Waals surface area contributed by atoms with E-state index in [-0.39, 0.29) is 6.10 Å². The first-order chi connectivity index (χ1) is 7.34. The molecule has 2 rings (SSSR count). The van der Waals surface area contributed by atoms with E-state index in [1.807, 2.05) is 24.3 Å². The molecule has 0 spiro atoms. The van der Waals surface area contributed by atoms with Crippen LogP contribution in [-0.4, -0.2) is 32.4 Å². The zero-order valence-electron chi connectivity index (χ0n) is 8.41. The molecule has 1 fully saturated rings. The molecule has 82 valence electrons. The zero-order valence-corrected chi connectivity index (χ0v) is 10.00. The molecule has 0 saturated carbocycles. The van der Waals surface area contributed by atoms with Crippen LogP contribution in [0.3, 0.4) is 0 Å². The molecule has 0 aromatic heterocycles. The second-order valence-electron chi connectivity index (χ2n) is 3.46. The third-order valence-corrected chi connectivity index (χ3v) is 2.78. The Labute approximate surface area is 97.9 Å². The Morgan fingerprint density at radius 2 is 2.20 bits per heavy atom. The Morgan fingerprint density at radius 1 is 1.40 bits per heavy atom. The van der Waals surface area contributed by atoms with Gasteiger partial charge in [0, 0.05) is 17.6 Å². The molecule has 1 aliphatic heterocycles. The van der Waals surface area contributed by atoms with Gasteiger partial charge >= 0.3 is 0 Å². The normalized spacial score (nSPS) is 21.3.